The smallest absolute Gasteiger partial charge is 0.245 e. The van der Waals surface area contributed by atoms with E-state index >= 15 is 0 Å². The van der Waals surface area contributed by atoms with Crippen LogP contribution in [0.3, 0.4) is 0 Å². The van der Waals surface area contributed by atoms with Crippen LogP contribution in [0.4, 0.5) is 0 Å². The Balaban J connectivity index is 2.83. The molecule has 0 radical (unpaired) electrons. The van der Waals surface area contributed by atoms with Crippen LogP contribution in [0.2, 0.25) is 5.02 Å². The number of hydrogen-bond acceptors (Lipinski definition) is 3. The van der Waals surface area contributed by atoms with Crippen LogP contribution in [-0.4, -0.2) is 20.9 Å². The SMILES string of the molecule is C#CCNC(=O)/C=C/S(=O)(=O)c1ccc(Cl)cc1. The molecule has 4 nitrogen and oxygen atoms in total. The molecule has 0 aliphatic carbocycles. The minimum Gasteiger partial charge on any atom is -0.342 e. The van der Waals surface area contributed by atoms with Gasteiger partial charge in [-0.25, -0.2) is 8.42 Å². The van der Waals surface area contributed by atoms with Crippen molar-refractivity contribution in [2.24, 2.45) is 0 Å². The number of amides is 1. The molecule has 6 heteroatoms. The lowest BCUT2D eigenvalue weighted by atomic mass is 10.4. The molecule has 0 fully saturated rings. The maximum Gasteiger partial charge on any atom is 0.245 e. The fourth-order valence-corrected chi connectivity index (χ4v) is 2.15. The first-order valence-corrected chi connectivity index (χ1v) is 6.78. The van der Waals surface area contributed by atoms with Gasteiger partial charge in [0.25, 0.3) is 0 Å². The Kier molecular flexibility index (Phi) is 4.95. The summed E-state index contributed by atoms with van der Waals surface area (Å²) in [5.74, 6) is 1.64. The van der Waals surface area contributed by atoms with Gasteiger partial charge in [-0.3, -0.25) is 4.79 Å². The Morgan fingerprint density at radius 3 is 2.56 bits per heavy atom. The molecule has 0 spiro atoms. The second-order valence-corrected chi connectivity index (χ2v) is 5.49. The topological polar surface area (TPSA) is 63.2 Å². The Labute approximate surface area is 111 Å². The van der Waals surface area contributed by atoms with Gasteiger partial charge >= 0.3 is 0 Å². The second kappa shape index (κ2) is 6.24. The van der Waals surface area contributed by atoms with Crippen LogP contribution in [0.25, 0.3) is 0 Å². The number of carbonyl (C=O) groups is 1. The maximum atomic E-state index is 11.8. The maximum absolute atomic E-state index is 11.8. The number of hydrogen-bond donors (Lipinski definition) is 1. The predicted octanol–water partition coefficient (Wildman–Crippen LogP) is 1.38. The third-order valence-corrected chi connectivity index (χ3v) is 3.58. The van der Waals surface area contributed by atoms with Crippen molar-refractivity contribution in [1.29, 1.82) is 0 Å². The van der Waals surface area contributed by atoms with Crippen LogP contribution >= 0.6 is 11.6 Å². The zero-order chi connectivity index (χ0) is 13.6. The van der Waals surface area contributed by atoms with Gasteiger partial charge in [-0.1, -0.05) is 17.5 Å². The highest BCUT2D eigenvalue weighted by atomic mass is 35.5. The van der Waals surface area contributed by atoms with Crippen molar-refractivity contribution in [3.05, 3.63) is 40.8 Å². The van der Waals surface area contributed by atoms with E-state index in [1.165, 1.54) is 24.3 Å². The minimum absolute atomic E-state index is 0.0458. The average molecular weight is 284 g/mol. The molecule has 1 aromatic carbocycles. The lowest BCUT2D eigenvalue weighted by Crippen LogP contribution is -2.21. The van der Waals surface area contributed by atoms with Crippen molar-refractivity contribution in [2.45, 2.75) is 4.90 Å². The van der Waals surface area contributed by atoms with Crippen molar-refractivity contribution in [3.8, 4) is 12.3 Å². The van der Waals surface area contributed by atoms with Crippen LogP contribution in [0, 0.1) is 12.3 Å². The van der Waals surface area contributed by atoms with Gasteiger partial charge in [-0.05, 0) is 24.3 Å². The summed E-state index contributed by atoms with van der Waals surface area (Å²) in [4.78, 5) is 11.2. The number of carbonyl (C=O) groups excluding carboxylic acids is 1. The molecule has 0 saturated heterocycles. The van der Waals surface area contributed by atoms with Crippen LogP contribution < -0.4 is 5.32 Å². The van der Waals surface area contributed by atoms with Crippen molar-refractivity contribution >= 4 is 27.3 Å². The highest BCUT2D eigenvalue weighted by Crippen LogP contribution is 2.15. The third-order valence-electron chi connectivity index (χ3n) is 1.91. The zero-order valence-electron chi connectivity index (χ0n) is 9.26. The zero-order valence-corrected chi connectivity index (χ0v) is 10.8. The average Bonchev–Trinajstić information content (AvgIpc) is 2.34. The molecule has 0 unspecified atom stereocenters. The van der Waals surface area contributed by atoms with Crippen molar-refractivity contribution in [1.82, 2.24) is 5.32 Å². The van der Waals surface area contributed by atoms with Gasteiger partial charge < -0.3 is 5.32 Å². The Morgan fingerprint density at radius 1 is 1.39 bits per heavy atom. The van der Waals surface area contributed by atoms with Crippen LogP contribution in [0.1, 0.15) is 0 Å². The second-order valence-electron chi connectivity index (χ2n) is 3.22. The van der Waals surface area contributed by atoms with E-state index in [4.69, 9.17) is 18.0 Å². The Hall–Kier alpha value is -1.77. The molecule has 1 aromatic rings. The van der Waals surface area contributed by atoms with Gasteiger partial charge in [0.05, 0.1) is 11.4 Å². The highest BCUT2D eigenvalue weighted by molar-refractivity contribution is 7.94. The lowest BCUT2D eigenvalue weighted by molar-refractivity contribution is -0.116. The molecule has 0 saturated carbocycles. The largest absolute Gasteiger partial charge is 0.342 e. The highest BCUT2D eigenvalue weighted by Gasteiger charge is 2.10. The predicted molar refractivity (Wildman–Crippen MR) is 69.6 cm³/mol. The molecule has 0 aliphatic rings. The molecule has 1 N–H and O–H groups in total. The molecule has 94 valence electrons. The fraction of sp³-hybridized carbons (Fsp3) is 0.0833. The molecule has 0 aromatic heterocycles. The molecule has 0 aliphatic heterocycles. The summed E-state index contributed by atoms with van der Waals surface area (Å²) in [5, 5.41) is 3.57. The molecule has 1 amide bonds. The summed E-state index contributed by atoms with van der Waals surface area (Å²) in [6.07, 6.45) is 5.86. The molecule has 0 atom stereocenters. The van der Waals surface area contributed by atoms with Gasteiger partial charge in [-0.2, -0.15) is 0 Å². The van der Waals surface area contributed by atoms with Crippen LogP contribution in [0.5, 0.6) is 0 Å². The van der Waals surface area contributed by atoms with E-state index in [2.05, 4.69) is 11.2 Å². The summed E-state index contributed by atoms with van der Waals surface area (Å²) in [5.41, 5.74) is 0. The number of halogens is 1. The molecule has 18 heavy (non-hydrogen) atoms. The number of terminal acetylenes is 1. The molecule has 0 bridgehead atoms. The van der Waals surface area contributed by atoms with E-state index in [0.29, 0.717) is 5.02 Å². The van der Waals surface area contributed by atoms with Crippen LogP contribution in [-0.2, 0) is 14.6 Å². The standard InChI is InChI=1S/C12H10ClNO3S/c1-2-8-14-12(15)7-9-18(16,17)11-5-3-10(13)4-6-11/h1,3-7,9H,8H2,(H,14,15)/b9-7+. The van der Waals surface area contributed by atoms with Crippen molar-refractivity contribution < 1.29 is 13.2 Å². The summed E-state index contributed by atoms with van der Waals surface area (Å²) in [6.45, 7) is 0.0458. The van der Waals surface area contributed by atoms with E-state index in [9.17, 15) is 13.2 Å². The first kappa shape index (κ1) is 14.3. The summed E-state index contributed by atoms with van der Waals surface area (Å²) < 4.78 is 23.5. The Morgan fingerprint density at radius 2 is 2.00 bits per heavy atom. The summed E-state index contributed by atoms with van der Waals surface area (Å²) in [7, 11) is -3.65. The van der Waals surface area contributed by atoms with Gasteiger partial charge in [0.2, 0.25) is 5.91 Å². The van der Waals surface area contributed by atoms with Gasteiger partial charge in [0.15, 0.2) is 9.84 Å². The van der Waals surface area contributed by atoms with Gasteiger partial charge in [0.1, 0.15) is 0 Å². The number of nitrogens with one attached hydrogen (secondary N) is 1. The lowest BCUT2D eigenvalue weighted by Gasteiger charge is -1.99. The number of rotatable bonds is 4. The number of sulfone groups is 1. The summed E-state index contributed by atoms with van der Waals surface area (Å²) >= 11 is 5.65. The normalized spacial score (nSPS) is 11.1. The first-order valence-electron chi connectivity index (χ1n) is 4.86. The van der Waals surface area contributed by atoms with Gasteiger partial charge in [-0.15, -0.1) is 6.42 Å². The van der Waals surface area contributed by atoms with E-state index in [0.717, 1.165) is 11.5 Å². The van der Waals surface area contributed by atoms with Gasteiger partial charge in [0, 0.05) is 16.5 Å². The monoisotopic (exact) mass is 283 g/mol. The number of benzene rings is 1. The fourth-order valence-electron chi connectivity index (χ4n) is 1.05. The molecular formula is C12H10ClNO3S. The quantitative estimate of drug-likeness (QED) is 0.671. The molecular weight excluding hydrogens is 274 g/mol. The van der Waals surface area contributed by atoms with Crippen LogP contribution in [0.15, 0.2) is 40.6 Å². The van der Waals surface area contributed by atoms with E-state index in [-0.39, 0.29) is 11.4 Å². The van der Waals surface area contributed by atoms with E-state index in [1.54, 1.807) is 0 Å². The van der Waals surface area contributed by atoms with E-state index < -0.39 is 15.7 Å². The van der Waals surface area contributed by atoms with E-state index in [1.807, 2.05) is 0 Å². The Bertz CT molecular complexity index is 597. The van der Waals surface area contributed by atoms with Crippen molar-refractivity contribution in [2.75, 3.05) is 6.54 Å². The molecule has 1 rings (SSSR count). The third kappa shape index (κ3) is 4.24. The molecule has 0 heterocycles. The minimum atomic E-state index is -3.65. The first-order chi connectivity index (χ1) is 8.45. The van der Waals surface area contributed by atoms with Crippen molar-refractivity contribution in [3.63, 3.8) is 0 Å². The summed E-state index contributed by atoms with van der Waals surface area (Å²) in [6, 6.07) is 5.64.